The molecular weight excluding hydrogens is 434 g/mol. The number of piperidine rings is 1. The minimum Gasteiger partial charge on any atom is -0.345 e. The molecule has 1 aromatic heterocycles. The summed E-state index contributed by atoms with van der Waals surface area (Å²) in [6, 6.07) is 20.7. The number of nitrogens with zero attached hydrogens (tertiary/aromatic N) is 2. The highest BCUT2D eigenvalue weighted by atomic mass is 35.5. The molecule has 2 heterocycles. The van der Waals surface area contributed by atoms with Crippen LogP contribution in [-0.4, -0.2) is 34.8 Å². The number of pyridine rings is 1. The third-order valence-corrected chi connectivity index (χ3v) is 6.56. The fourth-order valence-electron chi connectivity index (χ4n) is 4.34. The summed E-state index contributed by atoms with van der Waals surface area (Å²) in [4.78, 5) is 32.7. The molecule has 1 atom stereocenters. The normalized spacial score (nSPS) is 15.2. The number of likely N-dealkylation sites (tertiary alicyclic amines) is 1. The Bertz CT molecular complexity index is 1140. The standard InChI is InChI=1S/C27H28ClN3O2/c1-18-12-13-23(26(32)30-19(2)20-8-4-3-5-9-20)25(29-18)21-14-16-31(17-15-21)27(33)22-10-6-7-11-24(22)28/h3-13,19,21H,14-17H2,1-2H3,(H,30,32). The van der Waals surface area contributed by atoms with Crippen LogP contribution in [0.1, 0.15) is 69.4 Å². The van der Waals surface area contributed by atoms with Crippen molar-refractivity contribution in [2.24, 2.45) is 0 Å². The highest BCUT2D eigenvalue weighted by Gasteiger charge is 2.29. The number of aromatic nitrogens is 1. The molecule has 0 bridgehead atoms. The van der Waals surface area contributed by atoms with Gasteiger partial charge in [-0.05, 0) is 56.5 Å². The van der Waals surface area contributed by atoms with Gasteiger partial charge in [0.2, 0.25) is 0 Å². The van der Waals surface area contributed by atoms with E-state index in [1.54, 1.807) is 12.1 Å². The minimum absolute atomic E-state index is 0.0501. The maximum Gasteiger partial charge on any atom is 0.255 e. The van der Waals surface area contributed by atoms with E-state index < -0.39 is 0 Å². The lowest BCUT2D eigenvalue weighted by Gasteiger charge is -2.32. The molecule has 33 heavy (non-hydrogen) atoms. The number of nitrogens with one attached hydrogen (secondary N) is 1. The number of hydrogen-bond donors (Lipinski definition) is 1. The van der Waals surface area contributed by atoms with Crippen LogP contribution in [0.3, 0.4) is 0 Å². The number of halogens is 1. The van der Waals surface area contributed by atoms with Gasteiger partial charge in [-0.2, -0.15) is 0 Å². The van der Waals surface area contributed by atoms with Crippen molar-refractivity contribution in [1.29, 1.82) is 0 Å². The smallest absolute Gasteiger partial charge is 0.255 e. The largest absolute Gasteiger partial charge is 0.345 e. The van der Waals surface area contributed by atoms with Gasteiger partial charge in [-0.15, -0.1) is 0 Å². The molecule has 0 spiro atoms. The SMILES string of the molecule is Cc1ccc(C(=O)NC(C)c2ccccc2)c(C2CCN(C(=O)c3ccccc3Cl)CC2)n1. The number of aryl methyl sites for hydroxylation is 1. The molecule has 1 unspecified atom stereocenters. The monoisotopic (exact) mass is 461 g/mol. The Morgan fingerprint density at radius 2 is 1.64 bits per heavy atom. The highest BCUT2D eigenvalue weighted by molar-refractivity contribution is 6.33. The van der Waals surface area contributed by atoms with Gasteiger partial charge < -0.3 is 10.2 Å². The van der Waals surface area contributed by atoms with Crippen molar-refractivity contribution in [2.75, 3.05) is 13.1 Å². The zero-order valence-electron chi connectivity index (χ0n) is 18.9. The van der Waals surface area contributed by atoms with Crippen LogP contribution in [0.2, 0.25) is 5.02 Å². The third kappa shape index (κ3) is 5.25. The van der Waals surface area contributed by atoms with Crippen molar-refractivity contribution in [1.82, 2.24) is 15.2 Å². The summed E-state index contributed by atoms with van der Waals surface area (Å²) in [5.74, 6) is -0.0534. The molecule has 0 aliphatic carbocycles. The quantitative estimate of drug-likeness (QED) is 0.541. The van der Waals surface area contributed by atoms with E-state index >= 15 is 0 Å². The molecule has 3 aromatic rings. The van der Waals surface area contributed by atoms with Crippen LogP contribution in [-0.2, 0) is 0 Å². The lowest BCUT2D eigenvalue weighted by molar-refractivity contribution is 0.0710. The molecule has 1 N–H and O–H groups in total. The molecular formula is C27H28ClN3O2. The number of rotatable bonds is 5. The Morgan fingerprint density at radius 3 is 2.33 bits per heavy atom. The molecule has 1 fully saturated rings. The van der Waals surface area contributed by atoms with Crippen molar-refractivity contribution in [2.45, 2.75) is 38.6 Å². The summed E-state index contributed by atoms with van der Waals surface area (Å²) in [5.41, 5.74) is 3.89. The summed E-state index contributed by atoms with van der Waals surface area (Å²) in [6.07, 6.45) is 1.50. The Labute approximate surface area is 199 Å². The summed E-state index contributed by atoms with van der Waals surface area (Å²) < 4.78 is 0. The Kier molecular flexibility index (Phi) is 7.09. The van der Waals surface area contributed by atoms with E-state index in [2.05, 4.69) is 5.32 Å². The Morgan fingerprint density at radius 1 is 0.970 bits per heavy atom. The first kappa shape index (κ1) is 23.0. The second-order valence-electron chi connectivity index (χ2n) is 8.54. The van der Waals surface area contributed by atoms with Gasteiger partial charge in [0.25, 0.3) is 11.8 Å². The molecule has 0 saturated carbocycles. The van der Waals surface area contributed by atoms with E-state index in [1.807, 2.05) is 73.3 Å². The Hall–Kier alpha value is -3.18. The van der Waals surface area contributed by atoms with Crippen LogP contribution >= 0.6 is 11.6 Å². The predicted octanol–water partition coefficient (Wildman–Crippen LogP) is 5.55. The van der Waals surface area contributed by atoms with E-state index in [1.165, 1.54) is 0 Å². The summed E-state index contributed by atoms with van der Waals surface area (Å²) in [7, 11) is 0. The van der Waals surface area contributed by atoms with Gasteiger partial charge in [-0.1, -0.05) is 54.1 Å². The van der Waals surface area contributed by atoms with Crippen molar-refractivity contribution in [3.63, 3.8) is 0 Å². The van der Waals surface area contributed by atoms with Gasteiger partial charge in [0.15, 0.2) is 0 Å². The van der Waals surface area contributed by atoms with Crippen molar-refractivity contribution in [3.8, 4) is 0 Å². The van der Waals surface area contributed by atoms with Crippen LogP contribution in [0.15, 0.2) is 66.7 Å². The topological polar surface area (TPSA) is 62.3 Å². The minimum atomic E-state index is -0.122. The molecule has 1 aliphatic heterocycles. The van der Waals surface area contributed by atoms with Gasteiger partial charge in [0, 0.05) is 24.7 Å². The van der Waals surface area contributed by atoms with Crippen molar-refractivity contribution in [3.05, 3.63) is 99.8 Å². The van der Waals surface area contributed by atoms with Crippen LogP contribution in [0.5, 0.6) is 0 Å². The van der Waals surface area contributed by atoms with Gasteiger partial charge in [-0.3, -0.25) is 14.6 Å². The average molecular weight is 462 g/mol. The zero-order valence-corrected chi connectivity index (χ0v) is 19.7. The maximum atomic E-state index is 13.2. The summed E-state index contributed by atoms with van der Waals surface area (Å²) in [5, 5.41) is 3.58. The molecule has 4 rings (SSSR count). The molecule has 2 amide bonds. The highest BCUT2D eigenvalue weighted by Crippen LogP contribution is 2.31. The first-order valence-electron chi connectivity index (χ1n) is 11.3. The van der Waals surface area contributed by atoms with E-state index in [0.29, 0.717) is 29.2 Å². The molecule has 1 saturated heterocycles. The zero-order chi connectivity index (χ0) is 23.4. The molecule has 5 nitrogen and oxygen atoms in total. The summed E-state index contributed by atoms with van der Waals surface area (Å²) in [6.45, 7) is 5.12. The third-order valence-electron chi connectivity index (χ3n) is 6.23. The van der Waals surface area contributed by atoms with Crippen LogP contribution in [0, 0.1) is 6.92 Å². The molecule has 6 heteroatoms. The average Bonchev–Trinajstić information content (AvgIpc) is 2.84. The predicted molar refractivity (Wildman–Crippen MR) is 131 cm³/mol. The lowest BCUT2D eigenvalue weighted by Crippen LogP contribution is -2.38. The number of benzene rings is 2. The van der Waals surface area contributed by atoms with E-state index in [9.17, 15) is 9.59 Å². The van der Waals surface area contributed by atoms with Crippen LogP contribution in [0.4, 0.5) is 0 Å². The number of hydrogen-bond acceptors (Lipinski definition) is 3. The number of carbonyl (C=O) groups is 2. The van der Waals surface area contributed by atoms with Crippen molar-refractivity contribution >= 4 is 23.4 Å². The van der Waals surface area contributed by atoms with Gasteiger partial charge in [-0.25, -0.2) is 0 Å². The molecule has 2 aromatic carbocycles. The van der Waals surface area contributed by atoms with Gasteiger partial charge in [0.05, 0.1) is 27.9 Å². The molecule has 170 valence electrons. The summed E-state index contributed by atoms with van der Waals surface area (Å²) >= 11 is 6.22. The van der Waals surface area contributed by atoms with E-state index in [-0.39, 0.29) is 23.8 Å². The van der Waals surface area contributed by atoms with Gasteiger partial charge >= 0.3 is 0 Å². The Balaban J connectivity index is 1.47. The number of carbonyl (C=O) groups excluding carboxylic acids is 2. The first-order chi connectivity index (χ1) is 15.9. The van der Waals surface area contributed by atoms with Crippen molar-refractivity contribution < 1.29 is 9.59 Å². The lowest BCUT2D eigenvalue weighted by atomic mass is 9.89. The van der Waals surface area contributed by atoms with E-state index in [0.717, 1.165) is 29.8 Å². The molecule has 0 radical (unpaired) electrons. The molecule has 1 aliphatic rings. The second-order valence-corrected chi connectivity index (χ2v) is 8.94. The van der Waals surface area contributed by atoms with Crippen LogP contribution in [0.25, 0.3) is 0 Å². The fraction of sp³-hybridized carbons (Fsp3) is 0.296. The fourth-order valence-corrected chi connectivity index (χ4v) is 4.56. The van der Waals surface area contributed by atoms with E-state index in [4.69, 9.17) is 16.6 Å². The number of amides is 2. The second kappa shape index (κ2) is 10.2. The van der Waals surface area contributed by atoms with Crippen LogP contribution < -0.4 is 5.32 Å². The first-order valence-corrected chi connectivity index (χ1v) is 11.7. The van der Waals surface area contributed by atoms with Gasteiger partial charge in [0.1, 0.15) is 0 Å². The maximum absolute atomic E-state index is 13.2.